The Labute approximate surface area is 147 Å². The van der Waals surface area contributed by atoms with Gasteiger partial charge in [-0.25, -0.2) is 0 Å². The zero-order chi connectivity index (χ0) is 19.7. The number of esters is 1. The zero-order valence-corrected chi connectivity index (χ0v) is 16.3. The van der Waals surface area contributed by atoms with Crippen molar-refractivity contribution in [3.8, 4) is 0 Å². The molecule has 0 amide bonds. The van der Waals surface area contributed by atoms with Gasteiger partial charge in [0.2, 0.25) is 0 Å². The second-order valence-corrected chi connectivity index (χ2v) is 10.6. The van der Waals surface area contributed by atoms with Gasteiger partial charge in [0.05, 0.1) is 13.2 Å². The van der Waals surface area contributed by atoms with Crippen LogP contribution in [0, 0.1) is 21.4 Å². The summed E-state index contributed by atoms with van der Waals surface area (Å²) >= 11 is 0. The predicted molar refractivity (Wildman–Crippen MR) is 88.7 cm³/mol. The largest absolute Gasteiger partial charge is 0.459 e. The monoisotopic (exact) mass is 379 g/mol. The van der Waals surface area contributed by atoms with Gasteiger partial charge in [-0.1, -0.05) is 13.8 Å². The third-order valence-corrected chi connectivity index (χ3v) is 6.18. The van der Waals surface area contributed by atoms with Crippen LogP contribution in [-0.2, 0) is 27.9 Å². The number of rotatable bonds is 6. The maximum atomic E-state index is 13.0. The zero-order valence-electron chi connectivity index (χ0n) is 15.4. The number of hydrogen-bond donors (Lipinski definition) is 0. The normalized spacial score (nSPS) is 23.1. The van der Waals surface area contributed by atoms with Crippen LogP contribution in [0.4, 0.5) is 0 Å². The highest BCUT2D eigenvalue weighted by Crippen LogP contribution is 2.65. The molecule has 0 aromatic rings. The Balaban J connectivity index is 3.09. The van der Waals surface area contributed by atoms with E-state index >= 15 is 0 Å². The summed E-state index contributed by atoms with van der Waals surface area (Å²) in [5.41, 5.74) is -1.31. The summed E-state index contributed by atoms with van der Waals surface area (Å²) in [4.78, 5) is 34.3. The first-order valence-corrected chi connectivity index (χ1v) is 9.42. The molecule has 0 saturated carbocycles. The molecule has 25 heavy (non-hydrogen) atoms. The van der Waals surface area contributed by atoms with Gasteiger partial charge in [0.25, 0.3) is 0 Å². The molecule has 0 aromatic carbocycles. The van der Waals surface area contributed by atoms with Crippen molar-refractivity contribution in [2.45, 2.75) is 58.8 Å². The van der Waals surface area contributed by atoms with Crippen LogP contribution >= 0.6 is 7.60 Å². The maximum Gasteiger partial charge on any atom is 0.406 e. The number of ether oxygens (including phenoxy) is 1. The highest BCUT2D eigenvalue weighted by molar-refractivity contribution is 7.55. The van der Waals surface area contributed by atoms with Crippen LogP contribution < -0.4 is 0 Å². The Morgan fingerprint density at radius 1 is 1.32 bits per heavy atom. The van der Waals surface area contributed by atoms with Crippen LogP contribution in [0.5, 0.6) is 0 Å². The van der Waals surface area contributed by atoms with E-state index in [0.717, 1.165) is 6.92 Å². The molecular formula is C15H26NO8P. The van der Waals surface area contributed by atoms with E-state index in [1.54, 1.807) is 34.6 Å². The van der Waals surface area contributed by atoms with Crippen LogP contribution in [-0.4, -0.2) is 41.3 Å². The molecule has 144 valence electrons. The topological polar surface area (TPSA) is 122 Å². The molecule has 9 nitrogen and oxygen atoms in total. The van der Waals surface area contributed by atoms with E-state index in [1.807, 2.05) is 0 Å². The lowest BCUT2D eigenvalue weighted by molar-refractivity contribution is -0.542. The molecule has 1 aliphatic rings. The van der Waals surface area contributed by atoms with Gasteiger partial charge < -0.3 is 18.6 Å². The van der Waals surface area contributed by atoms with Gasteiger partial charge in [0, 0.05) is 23.7 Å². The number of nitrogens with zero attached hydrogens (tertiary/aromatic N) is 1. The molecule has 1 heterocycles. The van der Waals surface area contributed by atoms with Crippen molar-refractivity contribution < 1.29 is 32.9 Å². The summed E-state index contributed by atoms with van der Waals surface area (Å²) in [5, 5.41) is 9.41. The van der Waals surface area contributed by atoms with Crippen molar-refractivity contribution in [1.82, 2.24) is 0 Å². The Hall–Kier alpha value is -1.31. The van der Waals surface area contributed by atoms with E-state index in [-0.39, 0.29) is 19.5 Å². The van der Waals surface area contributed by atoms with Crippen molar-refractivity contribution in [2.75, 3.05) is 13.2 Å². The van der Waals surface area contributed by atoms with Crippen LogP contribution in [0.25, 0.3) is 0 Å². The second kappa shape index (κ2) is 7.13. The van der Waals surface area contributed by atoms with Gasteiger partial charge in [-0.3, -0.25) is 19.5 Å². The van der Waals surface area contributed by atoms with E-state index in [9.17, 15) is 24.3 Å². The molecule has 0 spiro atoms. The summed E-state index contributed by atoms with van der Waals surface area (Å²) in [6.45, 7) is 9.50. The van der Waals surface area contributed by atoms with Gasteiger partial charge in [-0.05, 0) is 20.8 Å². The molecule has 1 aliphatic heterocycles. The average Bonchev–Trinajstić information content (AvgIpc) is 2.45. The molecule has 0 N–H and O–H groups in total. The van der Waals surface area contributed by atoms with E-state index in [1.165, 1.54) is 0 Å². The fourth-order valence-electron chi connectivity index (χ4n) is 2.14. The van der Waals surface area contributed by atoms with Crippen molar-refractivity contribution in [1.29, 1.82) is 0 Å². The minimum absolute atomic E-state index is 0.00585. The number of hydrogen-bond acceptors (Lipinski definition) is 8. The average molecular weight is 379 g/mol. The van der Waals surface area contributed by atoms with E-state index in [0.29, 0.717) is 0 Å². The summed E-state index contributed by atoms with van der Waals surface area (Å²) in [6.07, 6.45) is -0.383. The minimum Gasteiger partial charge on any atom is -0.459 e. The van der Waals surface area contributed by atoms with Crippen LogP contribution in [0.15, 0.2) is 0 Å². The Bertz CT molecular complexity index is 583. The second-order valence-electron chi connectivity index (χ2n) is 8.16. The van der Waals surface area contributed by atoms with Crippen LogP contribution in [0.3, 0.4) is 0 Å². The quantitative estimate of drug-likeness (QED) is 0.172. The highest BCUT2D eigenvalue weighted by Gasteiger charge is 2.62. The van der Waals surface area contributed by atoms with Crippen molar-refractivity contribution in [3.05, 3.63) is 10.1 Å². The lowest BCUT2D eigenvalue weighted by Gasteiger charge is -2.38. The van der Waals surface area contributed by atoms with E-state index < -0.39 is 47.1 Å². The van der Waals surface area contributed by atoms with Gasteiger partial charge in [-0.15, -0.1) is 0 Å². The predicted octanol–water partition coefficient (Wildman–Crippen LogP) is 2.79. The number of aldehydes is 1. The molecule has 0 aliphatic carbocycles. The fourth-order valence-corrected chi connectivity index (χ4v) is 4.43. The number of carbonyl (C=O) groups excluding carboxylic acids is 2. The van der Waals surface area contributed by atoms with Gasteiger partial charge >= 0.3 is 18.8 Å². The number of carbonyl (C=O) groups is 2. The summed E-state index contributed by atoms with van der Waals surface area (Å²) in [6, 6.07) is 0. The van der Waals surface area contributed by atoms with Gasteiger partial charge in [0.1, 0.15) is 17.8 Å². The molecule has 1 rings (SSSR count). The molecule has 0 bridgehead atoms. The van der Waals surface area contributed by atoms with Crippen LogP contribution in [0.1, 0.15) is 48.0 Å². The SMILES string of the molecule is CC1(C)COP(=O)(C(C)(CC(C=O)C(=O)OC(C)(C)C)[N+](=O)[O-])OC1. The van der Waals surface area contributed by atoms with E-state index in [2.05, 4.69) is 0 Å². The van der Waals surface area contributed by atoms with Gasteiger partial charge in [-0.2, -0.15) is 0 Å². The Morgan fingerprint density at radius 2 is 1.80 bits per heavy atom. The van der Waals surface area contributed by atoms with E-state index in [4.69, 9.17) is 13.8 Å². The maximum absolute atomic E-state index is 13.0. The molecule has 0 radical (unpaired) electrons. The molecule has 1 saturated heterocycles. The summed E-state index contributed by atoms with van der Waals surface area (Å²) < 4.78 is 28.6. The molecule has 1 fully saturated rings. The standard InChI is InChI=1S/C15H26NO8P/c1-13(2,3)24-12(18)11(8-17)7-15(6,16(19)20)25(21)22-9-14(4,5)10-23-25/h8,11H,7,9-10H2,1-6H3. The lowest BCUT2D eigenvalue weighted by Crippen LogP contribution is -2.44. The highest BCUT2D eigenvalue weighted by atomic mass is 31.2. The van der Waals surface area contributed by atoms with Gasteiger partial charge in [0.15, 0.2) is 0 Å². The smallest absolute Gasteiger partial charge is 0.406 e. The molecule has 2 atom stereocenters. The lowest BCUT2D eigenvalue weighted by atomic mass is 9.97. The van der Waals surface area contributed by atoms with Crippen molar-refractivity contribution >= 4 is 19.9 Å². The first kappa shape index (κ1) is 21.7. The first-order valence-electron chi connectivity index (χ1n) is 7.88. The molecular weight excluding hydrogens is 353 g/mol. The Kier molecular flexibility index (Phi) is 6.20. The third kappa shape index (κ3) is 5.09. The fraction of sp³-hybridized carbons (Fsp3) is 0.867. The first-order chi connectivity index (χ1) is 11.2. The van der Waals surface area contributed by atoms with Crippen LogP contribution in [0.2, 0.25) is 0 Å². The third-order valence-electron chi connectivity index (χ3n) is 3.71. The summed E-state index contributed by atoms with van der Waals surface area (Å²) in [7, 11) is -4.20. The minimum atomic E-state index is -4.20. The summed E-state index contributed by atoms with van der Waals surface area (Å²) in [5.74, 6) is -2.37. The van der Waals surface area contributed by atoms with Crippen molar-refractivity contribution in [3.63, 3.8) is 0 Å². The van der Waals surface area contributed by atoms with Crippen molar-refractivity contribution in [2.24, 2.45) is 11.3 Å². The molecule has 10 heteroatoms. The molecule has 0 aromatic heterocycles. The molecule has 2 unspecified atom stereocenters. The number of nitro groups is 1. The Morgan fingerprint density at radius 3 is 2.16 bits per heavy atom.